The van der Waals surface area contributed by atoms with Crippen molar-refractivity contribution in [3.05, 3.63) is 95.3 Å². The molecule has 1 N–H and O–H groups in total. The number of carbonyl (C=O) groups is 1. The van der Waals surface area contributed by atoms with E-state index in [1.165, 1.54) is 12.1 Å². The number of benzene rings is 3. The Kier molecular flexibility index (Phi) is 7.15. The largest absolute Gasteiger partial charge is 0.540 e. The van der Waals surface area contributed by atoms with Gasteiger partial charge < -0.3 is 14.8 Å². The summed E-state index contributed by atoms with van der Waals surface area (Å²) in [7, 11) is 0. The van der Waals surface area contributed by atoms with Gasteiger partial charge in [0, 0.05) is 26.3 Å². The molecule has 1 atom stereocenters. The fourth-order valence-electron chi connectivity index (χ4n) is 3.76. The molecule has 4 nitrogen and oxygen atoms in total. The zero-order chi connectivity index (χ0) is 20.2. The molecule has 0 fully saturated rings. The topological polar surface area (TPSA) is 55.4 Å². The van der Waals surface area contributed by atoms with Crippen molar-refractivity contribution >= 4 is 12.4 Å². The van der Waals surface area contributed by atoms with Crippen LogP contribution in [0, 0.1) is 5.82 Å². The van der Waals surface area contributed by atoms with Gasteiger partial charge in [-0.2, -0.15) is 0 Å². The Morgan fingerprint density at radius 2 is 1.53 bits per heavy atom. The van der Waals surface area contributed by atoms with E-state index < -0.39 is 12.1 Å². The fourth-order valence-corrected chi connectivity index (χ4v) is 3.76. The molecule has 0 aliphatic heterocycles. The molecule has 0 saturated heterocycles. The molecular weight excluding hydrogens is 555 g/mol. The number of nitrogens with one attached hydrogen (secondary N) is 1. The van der Waals surface area contributed by atoms with E-state index in [9.17, 15) is 14.0 Å². The Hall–Kier alpha value is -2.81. The molecule has 0 heterocycles. The van der Waals surface area contributed by atoms with Crippen LogP contribution in [0.1, 0.15) is 22.6 Å². The van der Waals surface area contributed by atoms with Crippen LogP contribution in [0.2, 0.25) is 0 Å². The second kappa shape index (κ2) is 9.80. The van der Waals surface area contributed by atoms with Crippen molar-refractivity contribution in [1.82, 2.24) is 5.32 Å². The number of carbonyl (C=O) groups excluding carboxylic acids is 2. The van der Waals surface area contributed by atoms with Crippen molar-refractivity contribution in [1.29, 1.82) is 0 Å². The van der Waals surface area contributed by atoms with Gasteiger partial charge in [0.2, 0.25) is 0 Å². The Balaban J connectivity index is 0.00000256. The molecule has 1 aliphatic rings. The van der Waals surface area contributed by atoms with Gasteiger partial charge in [-0.25, -0.2) is 15.5 Å². The Morgan fingerprint density at radius 1 is 0.967 bits per heavy atom. The minimum Gasteiger partial charge on any atom is -0.540 e. The summed E-state index contributed by atoms with van der Waals surface area (Å²) in [6.45, 7) is 0.169. The number of fused-ring (bicyclic) bond motifs is 3. The average Bonchev–Trinajstić information content (AvgIpc) is 3.07. The van der Waals surface area contributed by atoms with E-state index in [4.69, 9.17) is 4.74 Å². The molecule has 1 amide bonds. The van der Waals surface area contributed by atoms with Crippen LogP contribution >= 0.6 is 0 Å². The zero-order valence-electron chi connectivity index (χ0n) is 16.0. The molecule has 1 aliphatic carbocycles. The molecule has 1 radical (unpaired) electrons. The first-order chi connectivity index (χ1) is 14.2. The summed E-state index contributed by atoms with van der Waals surface area (Å²) < 4.78 is 18.4. The van der Waals surface area contributed by atoms with E-state index in [1.54, 1.807) is 18.4 Å². The first-order valence-electron chi connectivity index (χ1n) is 9.39. The molecule has 3 aromatic carbocycles. The van der Waals surface area contributed by atoms with Crippen LogP contribution in [-0.4, -0.2) is 25.0 Å². The quantitative estimate of drug-likeness (QED) is 0.445. The summed E-state index contributed by atoms with van der Waals surface area (Å²) in [5.41, 5.74) is 5.25. The standard InChI is InChI=1S/C24H19FNO3.Re/c25-17-11-9-16(10-12-17)13-18(14-27)26-24(28)29-15-23-21-7-3-1-5-19(21)20-6-2-4-8-22(20)23;/h1-12,18,23H,13,15H2,(H,26,28);/q-1;/t18-;/m1./s1. The van der Waals surface area contributed by atoms with E-state index in [0.29, 0.717) is 0 Å². The number of amides is 1. The third-order valence-electron chi connectivity index (χ3n) is 5.13. The summed E-state index contributed by atoms with van der Waals surface area (Å²) in [5.74, 6) is -0.409. The van der Waals surface area contributed by atoms with Gasteiger partial charge >= 0.3 is 6.09 Å². The Morgan fingerprint density at radius 3 is 2.10 bits per heavy atom. The van der Waals surface area contributed by atoms with Gasteiger partial charge in [-0.3, -0.25) is 0 Å². The van der Waals surface area contributed by atoms with Crippen LogP contribution in [0.4, 0.5) is 9.18 Å². The molecule has 4 rings (SSSR count). The van der Waals surface area contributed by atoms with Gasteiger partial charge in [-0.1, -0.05) is 66.7 Å². The molecular formula is C24H19FNO3Re-. The molecule has 0 aromatic heterocycles. The summed E-state index contributed by atoms with van der Waals surface area (Å²) in [6.07, 6.45) is 1.34. The van der Waals surface area contributed by atoms with Gasteiger partial charge in [0.25, 0.3) is 0 Å². The average molecular weight is 575 g/mol. The van der Waals surface area contributed by atoms with Crippen LogP contribution in [0.5, 0.6) is 0 Å². The second-order valence-electron chi connectivity index (χ2n) is 6.97. The molecule has 0 saturated carbocycles. The minimum atomic E-state index is -0.865. The van der Waals surface area contributed by atoms with Gasteiger partial charge in [0.15, 0.2) is 0 Å². The van der Waals surface area contributed by atoms with Gasteiger partial charge in [-0.05, 0) is 46.4 Å². The minimum absolute atomic E-state index is 0. The van der Waals surface area contributed by atoms with Crippen LogP contribution in [-0.2, 0) is 36.4 Å². The van der Waals surface area contributed by atoms with Crippen molar-refractivity contribution in [2.45, 2.75) is 18.4 Å². The first-order valence-corrected chi connectivity index (χ1v) is 9.39. The van der Waals surface area contributed by atoms with E-state index >= 15 is 0 Å². The van der Waals surface area contributed by atoms with E-state index in [1.807, 2.05) is 36.4 Å². The van der Waals surface area contributed by atoms with Crippen molar-refractivity contribution in [2.75, 3.05) is 6.61 Å². The van der Waals surface area contributed by atoms with E-state index in [2.05, 4.69) is 17.4 Å². The van der Waals surface area contributed by atoms with Crippen LogP contribution < -0.4 is 5.32 Å². The molecule has 0 spiro atoms. The monoisotopic (exact) mass is 575 g/mol. The molecule has 153 valence electrons. The summed E-state index contributed by atoms with van der Waals surface area (Å²) in [6, 6.07) is 21.0. The maximum absolute atomic E-state index is 13.0. The molecule has 3 aromatic rings. The number of ether oxygens (including phenoxy) is 1. The fraction of sp³-hybridized carbons (Fsp3) is 0.167. The maximum Gasteiger partial charge on any atom is 0.405 e. The van der Waals surface area contributed by atoms with Crippen molar-refractivity contribution in [3.63, 3.8) is 0 Å². The Labute approximate surface area is 188 Å². The van der Waals surface area contributed by atoms with Crippen LogP contribution in [0.3, 0.4) is 0 Å². The summed E-state index contributed by atoms with van der Waals surface area (Å²) in [4.78, 5) is 23.5. The second-order valence-corrected chi connectivity index (χ2v) is 6.97. The van der Waals surface area contributed by atoms with Gasteiger partial charge in [-0.15, -0.1) is 0 Å². The van der Waals surface area contributed by atoms with Crippen LogP contribution in [0.25, 0.3) is 11.1 Å². The smallest absolute Gasteiger partial charge is 0.405 e. The van der Waals surface area contributed by atoms with Crippen molar-refractivity contribution in [3.8, 4) is 11.1 Å². The number of hydrogen-bond acceptors (Lipinski definition) is 3. The Bertz CT molecular complexity index is 993. The zero-order valence-corrected chi connectivity index (χ0v) is 18.7. The maximum atomic E-state index is 13.0. The molecule has 0 unspecified atom stereocenters. The number of rotatable bonds is 6. The molecule has 0 bridgehead atoms. The predicted molar refractivity (Wildman–Crippen MR) is 108 cm³/mol. The van der Waals surface area contributed by atoms with Crippen LogP contribution in [0.15, 0.2) is 72.8 Å². The summed E-state index contributed by atoms with van der Waals surface area (Å²) >= 11 is 0. The number of hydrogen-bond donors (Lipinski definition) is 1. The predicted octanol–water partition coefficient (Wildman–Crippen LogP) is 4.38. The molecule has 30 heavy (non-hydrogen) atoms. The first kappa shape index (κ1) is 21.9. The number of halogens is 1. The number of alkyl carbamates (subject to hydrolysis) is 1. The summed E-state index contributed by atoms with van der Waals surface area (Å²) in [5, 5.41) is 2.52. The molecule has 6 heteroatoms. The van der Waals surface area contributed by atoms with Crippen molar-refractivity contribution in [2.24, 2.45) is 0 Å². The van der Waals surface area contributed by atoms with Gasteiger partial charge in [0.1, 0.15) is 12.4 Å². The normalized spacial score (nSPS) is 12.8. The van der Waals surface area contributed by atoms with Gasteiger partial charge in [0.05, 0.1) is 0 Å². The van der Waals surface area contributed by atoms with Crippen molar-refractivity contribution < 1.29 is 39.1 Å². The third kappa shape index (κ3) is 4.67. The van der Waals surface area contributed by atoms with E-state index in [-0.39, 0.29) is 45.2 Å². The van der Waals surface area contributed by atoms with E-state index in [0.717, 1.165) is 27.8 Å². The SMILES string of the molecule is O=[C-][C@@H](Cc1ccc(F)cc1)NC(=O)OCC1c2ccccc2-c2ccccc21.[Re]. The third-order valence-corrected chi connectivity index (χ3v) is 5.13.